The second kappa shape index (κ2) is 5.58. The number of urea groups is 1. The summed E-state index contributed by atoms with van der Waals surface area (Å²) in [5.41, 5.74) is 0. The number of rotatable bonds is 0. The molecule has 0 saturated carbocycles. The van der Waals surface area contributed by atoms with E-state index in [0.29, 0.717) is 6.67 Å². The molecule has 0 unspecified atom stereocenters. The van der Waals surface area contributed by atoms with Crippen LogP contribution in [0.5, 0.6) is 0 Å². The Morgan fingerprint density at radius 3 is 2.33 bits per heavy atom. The first-order valence-electron chi connectivity index (χ1n) is 5.21. The van der Waals surface area contributed by atoms with Crippen molar-refractivity contribution in [3.63, 3.8) is 0 Å². The van der Waals surface area contributed by atoms with E-state index in [2.05, 4.69) is 0 Å². The molecular weight excluding hydrogens is 305 g/mol. The molecule has 0 spiro atoms. The van der Waals surface area contributed by atoms with E-state index >= 15 is 0 Å². The molecule has 0 atom stereocenters. The first-order valence-corrected chi connectivity index (χ1v) is 5.21. The molecule has 2 aliphatic rings. The van der Waals surface area contributed by atoms with Crippen molar-refractivity contribution in [2.75, 3.05) is 26.8 Å². The van der Waals surface area contributed by atoms with Gasteiger partial charge in [0, 0.05) is 32.5 Å². The molecule has 2 amide bonds. The Bertz CT molecular complexity index is 251. The van der Waals surface area contributed by atoms with Crippen molar-refractivity contribution in [3.05, 3.63) is 12.4 Å². The Kier molecular flexibility index (Phi) is 4.69. The van der Waals surface area contributed by atoms with E-state index in [4.69, 9.17) is 0 Å². The largest absolute Gasteiger partial charge is 0.361 e. The average Bonchev–Trinajstić information content (AvgIpc) is 2.65. The van der Waals surface area contributed by atoms with Gasteiger partial charge in [0.1, 0.15) is 0 Å². The topological polar surface area (TPSA) is 26.8 Å². The number of hydrogen-bond acceptors (Lipinski definition) is 2. The van der Waals surface area contributed by atoms with Crippen LogP contribution in [0.1, 0.15) is 19.3 Å². The van der Waals surface area contributed by atoms with Crippen molar-refractivity contribution < 1.29 is 4.79 Å². The lowest BCUT2D eigenvalue weighted by atomic mass is 10.1. The number of likely N-dealkylation sites (tertiary alicyclic amines) is 1. The van der Waals surface area contributed by atoms with Gasteiger partial charge in [-0.05, 0) is 19.3 Å². The van der Waals surface area contributed by atoms with E-state index in [-0.39, 0.29) is 30.0 Å². The van der Waals surface area contributed by atoms with Crippen molar-refractivity contribution in [3.8, 4) is 0 Å². The van der Waals surface area contributed by atoms with Gasteiger partial charge in [-0.25, -0.2) is 4.79 Å². The Balaban J connectivity index is 0.00000112. The number of nitrogens with zero attached hydrogens (tertiary/aromatic N) is 3. The van der Waals surface area contributed by atoms with E-state index in [1.165, 1.54) is 6.42 Å². The van der Waals surface area contributed by atoms with Crippen LogP contribution in [0, 0.1) is 0 Å². The maximum Gasteiger partial charge on any atom is 0.325 e. The third-order valence-electron chi connectivity index (χ3n) is 2.75. The summed E-state index contributed by atoms with van der Waals surface area (Å²) < 4.78 is 0. The average molecular weight is 323 g/mol. The monoisotopic (exact) mass is 323 g/mol. The normalized spacial score (nSPS) is 20.5. The molecule has 0 radical (unpaired) electrons. The molecule has 0 aromatic rings. The zero-order chi connectivity index (χ0) is 9.97. The highest BCUT2D eigenvalue weighted by molar-refractivity contribution is 14.0. The van der Waals surface area contributed by atoms with E-state index in [0.717, 1.165) is 25.9 Å². The van der Waals surface area contributed by atoms with Gasteiger partial charge in [0.2, 0.25) is 0 Å². The molecular formula is C10H18IN3O. The number of carbonyl (C=O) groups excluding carboxylic acids is 1. The summed E-state index contributed by atoms with van der Waals surface area (Å²) in [4.78, 5) is 17.6. The van der Waals surface area contributed by atoms with Crippen LogP contribution in [0.4, 0.5) is 4.79 Å². The molecule has 1 fully saturated rings. The summed E-state index contributed by atoms with van der Waals surface area (Å²) in [6.45, 7) is 2.54. The fourth-order valence-corrected chi connectivity index (χ4v) is 1.92. The van der Waals surface area contributed by atoms with Crippen molar-refractivity contribution in [2.24, 2.45) is 0 Å². The molecule has 0 aliphatic carbocycles. The van der Waals surface area contributed by atoms with Gasteiger partial charge in [-0.1, -0.05) is 0 Å². The van der Waals surface area contributed by atoms with Gasteiger partial charge in [-0.2, -0.15) is 0 Å². The quantitative estimate of drug-likeness (QED) is 0.637. The van der Waals surface area contributed by atoms with Gasteiger partial charge >= 0.3 is 6.03 Å². The van der Waals surface area contributed by atoms with Gasteiger partial charge < -0.3 is 9.80 Å². The maximum absolute atomic E-state index is 11.9. The molecule has 2 heterocycles. The van der Waals surface area contributed by atoms with E-state index in [1.807, 2.05) is 29.2 Å². The fourth-order valence-electron chi connectivity index (χ4n) is 1.92. The fraction of sp³-hybridized carbons (Fsp3) is 0.700. The molecule has 2 aliphatic heterocycles. The maximum atomic E-state index is 11.9. The Morgan fingerprint density at radius 1 is 1.13 bits per heavy atom. The van der Waals surface area contributed by atoms with E-state index < -0.39 is 0 Å². The zero-order valence-corrected chi connectivity index (χ0v) is 11.4. The first-order chi connectivity index (χ1) is 6.77. The second-order valence-corrected chi connectivity index (χ2v) is 4.00. The Morgan fingerprint density at radius 2 is 1.80 bits per heavy atom. The summed E-state index contributed by atoms with van der Waals surface area (Å²) in [6, 6.07) is 0.158. The second-order valence-electron chi connectivity index (χ2n) is 4.00. The van der Waals surface area contributed by atoms with Crippen molar-refractivity contribution in [1.82, 2.24) is 14.7 Å². The molecule has 0 aromatic carbocycles. The molecule has 15 heavy (non-hydrogen) atoms. The highest BCUT2D eigenvalue weighted by atomic mass is 127. The van der Waals surface area contributed by atoms with Crippen LogP contribution in [0.15, 0.2) is 12.4 Å². The molecule has 0 bridgehead atoms. The van der Waals surface area contributed by atoms with Crippen LogP contribution in [-0.2, 0) is 0 Å². The number of piperidine rings is 1. The highest BCUT2D eigenvalue weighted by Crippen LogP contribution is 2.13. The molecule has 2 rings (SSSR count). The van der Waals surface area contributed by atoms with Crippen LogP contribution in [0.25, 0.3) is 0 Å². The lowest BCUT2D eigenvalue weighted by Gasteiger charge is -2.30. The molecule has 0 aromatic heterocycles. The highest BCUT2D eigenvalue weighted by Gasteiger charge is 2.23. The van der Waals surface area contributed by atoms with Gasteiger partial charge in [0.15, 0.2) is 0 Å². The Labute approximate surface area is 108 Å². The minimum absolute atomic E-state index is 0. The summed E-state index contributed by atoms with van der Waals surface area (Å²) >= 11 is 0. The lowest BCUT2D eigenvalue weighted by molar-refractivity contribution is 0.153. The predicted molar refractivity (Wildman–Crippen MR) is 69.8 cm³/mol. The molecule has 86 valence electrons. The smallest absolute Gasteiger partial charge is 0.325 e. The van der Waals surface area contributed by atoms with E-state index in [1.54, 1.807) is 4.90 Å². The first kappa shape index (κ1) is 12.6. The van der Waals surface area contributed by atoms with Crippen LogP contribution >= 0.6 is 24.0 Å². The summed E-state index contributed by atoms with van der Waals surface area (Å²) in [6.07, 6.45) is 7.36. The minimum Gasteiger partial charge on any atom is -0.361 e. The van der Waals surface area contributed by atoms with Crippen LogP contribution in [0.3, 0.4) is 0 Å². The van der Waals surface area contributed by atoms with Crippen molar-refractivity contribution in [2.45, 2.75) is 19.3 Å². The van der Waals surface area contributed by atoms with Gasteiger partial charge in [0.05, 0.1) is 6.67 Å². The summed E-state index contributed by atoms with van der Waals surface area (Å²) in [7, 11) is 1.97. The van der Waals surface area contributed by atoms with E-state index in [9.17, 15) is 4.79 Å². The number of carbonyl (C=O) groups is 1. The van der Waals surface area contributed by atoms with Gasteiger partial charge in [-0.3, -0.25) is 4.90 Å². The number of hydrogen-bond donors (Lipinski definition) is 0. The summed E-state index contributed by atoms with van der Waals surface area (Å²) in [5.74, 6) is 0. The van der Waals surface area contributed by atoms with Crippen molar-refractivity contribution >= 4 is 30.0 Å². The standard InChI is InChI=1S/C10H17N3O.HI/c1-11-7-8-13(9-11)10(14)12-5-3-2-4-6-12;/h7-8H,2-6,9H2,1H3;1H. The van der Waals surface area contributed by atoms with Crippen LogP contribution in [0.2, 0.25) is 0 Å². The SMILES string of the molecule is CN1C=CN(C(=O)N2CCCCC2)C1.I. The summed E-state index contributed by atoms with van der Waals surface area (Å²) in [5, 5.41) is 0. The van der Waals surface area contributed by atoms with Crippen LogP contribution in [-0.4, -0.2) is 47.5 Å². The molecule has 4 nitrogen and oxygen atoms in total. The van der Waals surface area contributed by atoms with Gasteiger partial charge in [-0.15, -0.1) is 24.0 Å². The van der Waals surface area contributed by atoms with Crippen LogP contribution < -0.4 is 0 Å². The number of amides is 2. The minimum atomic E-state index is 0. The molecule has 1 saturated heterocycles. The number of halogens is 1. The zero-order valence-electron chi connectivity index (χ0n) is 9.06. The predicted octanol–water partition coefficient (Wildman–Crippen LogP) is 1.89. The Hall–Kier alpha value is -0.460. The molecule has 0 N–H and O–H groups in total. The third-order valence-corrected chi connectivity index (χ3v) is 2.75. The lowest BCUT2D eigenvalue weighted by Crippen LogP contribution is -2.43. The molecule has 5 heteroatoms. The third kappa shape index (κ3) is 2.99. The van der Waals surface area contributed by atoms with Crippen molar-refractivity contribution in [1.29, 1.82) is 0 Å². The van der Waals surface area contributed by atoms with Gasteiger partial charge in [0.25, 0.3) is 0 Å².